The summed E-state index contributed by atoms with van der Waals surface area (Å²) in [6.07, 6.45) is 2.71. The molecule has 2 N–H and O–H groups in total. The topological polar surface area (TPSA) is 62.2 Å². The number of aliphatic hydroxyl groups excluding tert-OH is 2. The first-order valence-electron chi connectivity index (χ1n) is 10.7. The van der Waals surface area contributed by atoms with Gasteiger partial charge in [-0.3, -0.25) is 4.90 Å². The normalized spacial score (nSPS) is 26.3. The summed E-state index contributed by atoms with van der Waals surface area (Å²) in [7, 11) is 1.65. The fourth-order valence-electron chi connectivity index (χ4n) is 4.66. The maximum absolute atomic E-state index is 10.8. The molecule has 1 aromatic rings. The van der Waals surface area contributed by atoms with Crippen LogP contribution in [-0.2, 0) is 6.42 Å². The first-order valence-corrected chi connectivity index (χ1v) is 10.7. The van der Waals surface area contributed by atoms with E-state index >= 15 is 0 Å². The van der Waals surface area contributed by atoms with Gasteiger partial charge in [-0.1, -0.05) is 27.7 Å². The minimum atomic E-state index is -0.468. The molecule has 3 rings (SSSR count). The van der Waals surface area contributed by atoms with Crippen LogP contribution >= 0.6 is 0 Å². The maximum Gasteiger partial charge on any atom is 0.161 e. The summed E-state index contributed by atoms with van der Waals surface area (Å²) >= 11 is 0. The van der Waals surface area contributed by atoms with Crippen molar-refractivity contribution in [3.63, 3.8) is 0 Å². The van der Waals surface area contributed by atoms with Gasteiger partial charge >= 0.3 is 0 Å². The molecule has 0 aromatic heterocycles. The van der Waals surface area contributed by atoms with Crippen molar-refractivity contribution in [2.75, 3.05) is 26.8 Å². The average molecular weight is 392 g/mol. The molecule has 2 aliphatic heterocycles. The van der Waals surface area contributed by atoms with Gasteiger partial charge in [-0.2, -0.15) is 0 Å². The number of methoxy groups -OCH3 is 1. The Balaban J connectivity index is 1.80. The Kier molecular flexibility index (Phi) is 6.58. The summed E-state index contributed by atoms with van der Waals surface area (Å²) in [5, 5.41) is 20.6. The van der Waals surface area contributed by atoms with Crippen LogP contribution in [0.15, 0.2) is 12.1 Å². The molecule has 0 saturated carbocycles. The summed E-state index contributed by atoms with van der Waals surface area (Å²) < 4.78 is 11.4. The first-order chi connectivity index (χ1) is 13.2. The van der Waals surface area contributed by atoms with Crippen molar-refractivity contribution < 1.29 is 19.7 Å². The molecule has 0 spiro atoms. The molecule has 0 bridgehead atoms. The highest BCUT2D eigenvalue weighted by Crippen LogP contribution is 2.44. The Morgan fingerprint density at radius 2 is 2.00 bits per heavy atom. The molecule has 158 valence electrons. The summed E-state index contributed by atoms with van der Waals surface area (Å²) in [5.41, 5.74) is 2.74. The lowest BCUT2D eigenvalue weighted by Crippen LogP contribution is -2.48. The van der Waals surface area contributed by atoms with Gasteiger partial charge in [0.1, 0.15) is 6.61 Å². The van der Waals surface area contributed by atoms with Crippen LogP contribution in [0.4, 0.5) is 0 Å². The minimum Gasteiger partial charge on any atom is -0.493 e. The predicted molar refractivity (Wildman–Crippen MR) is 111 cm³/mol. The second-order valence-corrected chi connectivity index (χ2v) is 9.66. The summed E-state index contributed by atoms with van der Waals surface area (Å²) in [5.74, 6) is 1.73. The molecule has 1 saturated heterocycles. The Morgan fingerprint density at radius 1 is 1.25 bits per heavy atom. The van der Waals surface area contributed by atoms with E-state index in [1.807, 2.05) is 6.92 Å². The molecular weight excluding hydrogens is 354 g/mol. The molecule has 2 aliphatic rings. The molecular formula is C23H37NO4. The first kappa shape index (κ1) is 21.4. The van der Waals surface area contributed by atoms with Crippen LogP contribution in [0.3, 0.4) is 0 Å². The highest BCUT2D eigenvalue weighted by atomic mass is 16.5. The number of hydrogen-bond acceptors (Lipinski definition) is 5. The van der Waals surface area contributed by atoms with Crippen LogP contribution in [-0.4, -0.2) is 54.1 Å². The van der Waals surface area contributed by atoms with Gasteiger partial charge in [0.2, 0.25) is 0 Å². The molecule has 3 unspecified atom stereocenters. The zero-order valence-corrected chi connectivity index (χ0v) is 18.1. The van der Waals surface area contributed by atoms with Crippen molar-refractivity contribution >= 4 is 0 Å². The van der Waals surface area contributed by atoms with Crippen molar-refractivity contribution in [1.29, 1.82) is 0 Å². The lowest BCUT2D eigenvalue weighted by atomic mass is 9.75. The van der Waals surface area contributed by atoms with Gasteiger partial charge in [-0.25, -0.2) is 0 Å². The van der Waals surface area contributed by atoms with E-state index in [4.69, 9.17) is 9.47 Å². The molecule has 5 nitrogen and oxygen atoms in total. The van der Waals surface area contributed by atoms with E-state index in [2.05, 4.69) is 37.8 Å². The van der Waals surface area contributed by atoms with Crippen molar-refractivity contribution in [2.45, 2.75) is 71.6 Å². The molecule has 0 amide bonds. The third-order valence-electron chi connectivity index (χ3n) is 6.15. The lowest BCUT2D eigenvalue weighted by Gasteiger charge is -2.47. The summed E-state index contributed by atoms with van der Waals surface area (Å²) in [6.45, 7) is 10.9. The highest BCUT2D eigenvalue weighted by molar-refractivity contribution is 5.49. The zero-order chi connectivity index (χ0) is 20.5. The summed E-state index contributed by atoms with van der Waals surface area (Å²) in [4.78, 5) is 2.53. The van der Waals surface area contributed by atoms with Gasteiger partial charge in [-0.05, 0) is 60.3 Å². The summed E-state index contributed by atoms with van der Waals surface area (Å²) in [6, 6.07) is 4.39. The van der Waals surface area contributed by atoms with Gasteiger partial charge in [0, 0.05) is 19.1 Å². The molecule has 0 radical (unpaired) electrons. The van der Waals surface area contributed by atoms with E-state index in [0.717, 1.165) is 32.4 Å². The fourth-order valence-corrected chi connectivity index (χ4v) is 4.66. The van der Waals surface area contributed by atoms with Crippen LogP contribution in [0.2, 0.25) is 0 Å². The van der Waals surface area contributed by atoms with Gasteiger partial charge in [0.15, 0.2) is 11.5 Å². The smallest absolute Gasteiger partial charge is 0.161 e. The van der Waals surface area contributed by atoms with Crippen LogP contribution < -0.4 is 9.47 Å². The molecule has 1 aromatic carbocycles. The Labute approximate surface area is 169 Å². The van der Waals surface area contributed by atoms with Gasteiger partial charge in [0.25, 0.3) is 0 Å². The molecule has 2 heterocycles. The number of piperidine rings is 1. The number of ether oxygens (including phenoxy) is 2. The van der Waals surface area contributed by atoms with E-state index in [1.165, 1.54) is 11.1 Å². The molecule has 5 heteroatoms. The largest absolute Gasteiger partial charge is 0.493 e. The van der Waals surface area contributed by atoms with Crippen molar-refractivity contribution in [1.82, 2.24) is 4.90 Å². The van der Waals surface area contributed by atoms with Crippen LogP contribution in [0.25, 0.3) is 0 Å². The van der Waals surface area contributed by atoms with E-state index in [-0.39, 0.29) is 24.2 Å². The van der Waals surface area contributed by atoms with E-state index in [0.29, 0.717) is 23.8 Å². The monoisotopic (exact) mass is 391 g/mol. The van der Waals surface area contributed by atoms with Crippen LogP contribution in [0.5, 0.6) is 11.5 Å². The molecule has 0 aliphatic carbocycles. The fraction of sp³-hybridized carbons (Fsp3) is 0.739. The number of rotatable bonds is 6. The third kappa shape index (κ3) is 4.81. The van der Waals surface area contributed by atoms with Crippen molar-refractivity contribution in [3.8, 4) is 11.5 Å². The molecule has 4 atom stereocenters. The Morgan fingerprint density at radius 3 is 2.64 bits per heavy atom. The Hall–Kier alpha value is -1.30. The third-order valence-corrected chi connectivity index (χ3v) is 6.15. The number of benzene rings is 1. The highest BCUT2D eigenvalue weighted by Gasteiger charge is 2.39. The SMILES string of the molecule is CC[C@H](O)COc1cc2c(cc1OC)C1CC(O)C(CC(C)(C)C)CN1CC2. The quantitative estimate of drug-likeness (QED) is 0.776. The van der Waals surface area contributed by atoms with Crippen molar-refractivity contribution in [3.05, 3.63) is 23.3 Å². The van der Waals surface area contributed by atoms with Gasteiger partial charge < -0.3 is 19.7 Å². The Bertz CT molecular complexity index is 669. The molecule has 28 heavy (non-hydrogen) atoms. The van der Waals surface area contributed by atoms with Crippen LogP contribution in [0, 0.1) is 11.3 Å². The maximum atomic E-state index is 10.8. The number of aliphatic hydroxyl groups is 2. The zero-order valence-electron chi connectivity index (χ0n) is 18.1. The predicted octanol–water partition coefficient (Wildman–Crippen LogP) is 3.56. The second kappa shape index (κ2) is 8.60. The van der Waals surface area contributed by atoms with Crippen molar-refractivity contribution in [2.24, 2.45) is 11.3 Å². The average Bonchev–Trinajstić information content (AvgIpc) is 2.64. The standard InChI is InChI=1S/C23H37NO4/c1-6-17(25)14-28-22-9-15-7-8-24-13-16(12-23(2,3)4)20(26)11-19(24)18(15)10-21(22)27-5/h9-10,16-17,19-20,25-26H,6-8,11-14H2,1-5H3/t16?,17-,19?,20?/m0/s1. The van der Waals surface area contributed by atoms with Gasteiger partial charge in [0.05, 0.1) is 19.3 Å². The number of fused-ring (bicyclic) bond motifs is 3. The van der Waals surface area contributed by atoms with E-state index in [9.17, 15) is 10.2 Å². The van der Waals surface area contributed by atoms with Crippen LogP contribution in [0.1, 0.15) is 64.1 Å². The number of hydrogen-bond donors (Lipinski definition) is 2. The second-order valence-electron chi connectivity index (χ2n) is 9.66. The lowest BCUT2D eigenvalue weighted by molar-refractivity contribution is -0.0259. The van der Waals surface area contributed by atoms with Gasteiger partial charge in [-0.15, -0.1) is 0 Å². The minimum absolute atomic E-state index is 0.227. The van der Waals surface area contributed by atoms with E-state index in [1.54, 1.807) is 7.11 Å². The number of nitrogens with zero attached hydrogens (tertiary/aromatic N) is 1. The molecule has 1 fully saturated rings. The van der Waals surface area contributed by atoms with E-state index < -0.39 is 6.10 Å².